The van der Waals surface area contributed by atoms with E-state index in [4.69, 9.17) is 10.5 Å². The molecule has 2 bridgehead atoms. The molecule has 0 saturated carbocycles. The molecule has 2 aliphatic heterocycles. The van der Waals surface area contributed by atoms with E-state index in [9.17, 15) is 9.90 Å². The van der Waals surface area contributed by atoms with Crippen LogP contribution in [-0.2, 0) is 11.8 Å². The van der Waals surface area contributed by atoms with Crippen molar-refractivity contribution in [3.8, 4) is 5.75 Å². The van der Waals surface area contributed by atoms with E-state index in [2.05, 4.69) is 43.7 Å². The quantitative estimate of drug-likeness (QED) is 0.530. The van der Waals surface area contributed by atoms with Gasteiger partial charge >= 0.3 is 0 Å². The summed E-state index contributed by atoms with van der Waals surface area (Å²) in [5, 5.41) is 10.7. The molecule has 136 valence electrons. The standard InChI is InChI=1S/C20H21IN2O3/c21-7-1-8-23-9-6-20-13-4-5-15(24)18(20)26-17-12(19(22)25)3-2-11(16(17)20)10-14(13)23/h1-5,7,13-15,18,24H,6,8-10H2,(H2,22,25)/t13-,14+,15-,18-,20-/m0/s1. The maximum Gasteiger partial charge on any atom is 0.252 e. The predicted molar refractivity (Wildman–Crippen MR) is 107 cm³/mol. The Balaban J connectivity index is 1.71. The number of nitrogens with two attached hydrogens (primary N) is 1. The molecule has 0 aromatic heterocycles. The Morgan fingerprint density at radius 1 is 1.46 bits per heavy atom. The molecule has 6 heteroatoms. The lowest BCUT2D eigenvalue weighted by molar-refractivity contribution is -0.0486. The van der Waals surface area contributed by atoms with Gasteiger partial charge in [0.25, 0.3) is 5.91 Å². The normalized spacial score (nSPS) is 36.8. The summed E-state index contributed by atoms with van der Waals surface area (Å²) in [7, 11) is 0. The second-order valence-corrected chi connectivity index (χ2v) is 8.42. The predicted octanol–water partition coefficient (Wildman–Crippen LogP) is 1.91. The summed E-state index contributed by atoms with van der Waals surface area (Å²) in [5.41, 5.74) is 8.16. The molecule has 5 rings (SSSR count). The van der Waals surface area contributed by atoms with Gasteiger partial charge in [0.15, 0.2) is 0 Å². The highest BCUT2D eigenvalue weighted by molar-refractivity contribution is 14.1. The number of piperidine rings is 1. The molecular formula is C20H21IN2O3. The number of rotatable bonds is 3. The number of likely N-dealkylation sites (tertiary alicyclic amines) is 1. The van der Waals surface area contributed by atoms with Crippen molar-refractivity contribution in [3.05, 3.63) is 51.1 Å². The molecule has 1 spiro atoms. The Kier molecular flexibility index (Phi) is 3.75. The minimum Gasteiger partial charge on any atom is -0.485 e. The first-order valence-electron chi connectivity index (χ1n) is 9.06. The highest BCUT2D eigenvalue weighted by atomic mass is 127. The molecule has 2 heterocycles. The second kappa shape index (κ2) is 5.81. The van der Waals surface area contributed by atoms with E-state index in [-0.39, 0.29) is 17.4 Å². The van der Waals surface area contributed by atoms with Crippen molar-refractivity contribution in [1.82, 2.24) is 4.90 Å². The number of aliphatic hydroxyl groups excluding tert-OH is 1. The van der Waals surface area contributed by atoms with Crippen molar-refractivity contribution < 1.29 is 14.6 Å². The van der Waals surface area contributed by atoms with Gasteiger partial charge in [-0.15, -0.1) is 0 Å². The highest BCUT2D eigenvalue weighted by Gasteiger charge is 2.64. The number of hydrogen-bond acceptors (Lipinski definition) is 4. The van der Waals surface area contributed by atoms with Crippen LogP contribution in [0.5, 0.6) is 5.75 Å². The third kappa shape index (κ3) is 2.00. The van der Waals surface area contributed by atoms with Crippen LogP contribution in [0.4, 0.5) is 0 Å². The number of carbonyl (C=O) groups is 1. The number of benzene rings is 1. The molecule has 5 nitrogen and oxygen atoms in total. The van der Waals surface area contributed by atoms with Crippen LogP contribution in [0, 0.1) is 5.92 Å². The van der Waals surface area contributed by atoms with Crippen LogP contribution in [0.1, 0.15) is 27.9 Å². The number of halogens is 1. The molecule has 2 aliphatic carbocycles. The first-order chi connectivity index (χ1) is 12.6. The Morgan fingerprint density at radius 2 is 2.31 bits per heavy atom. The highest BCUT2D eigenvalue weighted by Crippen LogP contribution is 2.61. The van der Waals surface area contributed by atoms with Crippen molar-refractivity contribution in [2.45, 2.75) is 36.5 Å². The van der Waals surface area contributed by atoms with E-state index >= 15 is 0 Å². The molecule has 0 unspecified atom stereocenters. The van der Waals surface area contributed by atoms with Gasteiger partial charge in [0.05, 0.1) is 5.56 Å². The van der Waals surface area contributed by atoms with Crippen LogP contribution >= 0.6 is 22.6 Å². The summed E-state index contributed by atoms with van der Waals surface area (Å²) in [6.45, 7) is 1.89. The minimum absolute atomic E-state index is 0.252. The van der Waals surface area contributed by atoms with Gasteiger partial charge in [-0.25, -0.2) is 0 Å². The lowest BCUT2D eigenvalue weighted by Gasteiger charge is -2.57. The second-order valence-electron chi connectivity index (χ2n) is 7.70. The van der Waals surface area contributed by atoms with Gasteiger partial charge in [0.1, 0.15) is 18.0 Å². The number of ether oxygens (including phenoxy) is 1. The van der Waals surface area contributed by atoms with Gasteiger partial charge in [-0.05, 0) is 35.1 Å². The average Bonchev–Trinajstić information content (AvgIpc) is 2.97. The smallest absolute Gasteiger partial charge is 0.252 e. The zero-order valence-corrected chi connectivity index (χ0v) is 16.4. The van der Waals surface area contributed by atoms with Crippen molar-refractivity contribution in [3.63, 3.8) is 0 Å². The number of carbonyl (C=O) groups excluding carboxylic acids is 1. The van der Waals surface area contributed by atoms with Crippen molar-refractivity contribution in [2.24, 2.45) is 11.7 Å². The molecule has 1 amide bonds. The number of amides is 1. The van der Waals surface area contributed by atoms with Gasteiger partial charge in [0, 0.05) is 29.5 Å². The largest absolute Gasteiger partial charge is 0.485 e. The maximum atomic E-state index is 11.9. The van der Waals surface area contributed by atoms with Crippen LogP contribution in [0.3, 0.4) is 0 Å². The molecule has 1 aromatic carbocycles. The molecule has 3 N–H and O–H groups in total. The van der Waals surface area contributed by atoms with Crippen LogP contribution < -0.4 is 10.5 Å². The third-order valence-corrected chi connectivity index (χ3v) is 7.21. The van der Waals surface area contributed by atoms with Gasteiger partial charge in [0.2, 0.25) is 0 Å². The molecule has 4 aliphatic rings. The molecule has 0 radical (unpaired) electrons. The summed E-state index contributed by atoms with van der Waals surface area (Å²) >= 11 is 2.26. The Morgan fingerprint density at radius 3 is 3.08 bits per heavy atom. The lowest BCUT2D eigenvalue weighted by Crippen LogP contribution is -2.65. The van der Waals surface area contributed by atoms with E-state index in [1.807, 2.05) is 12.1 Å². The van der Waals surface area contributed by atoms with Crippen molar-refractivity contribution >= 4 is 28.5 Å². The fourth-order valence-electron chi connectivity index (χ4n) is 5.74. The van der Waals surface area contributed by atoms with E-state index in [0.717, 1.165) is 31.5 Å². The topological polar surface area (TPSA) is 75.8 Å². The molecular weight excluding hydrogens is 443 g/mol. The SMILES string of the molecule is NC(=O)c1ccc2c3c1O[C@H]1[C@@H](O)C=C[C@H]4[C@@H](C2)N(CC=CI)CC[C@@]341. The van der Waals surface area contributed by atoms with Gasteiger partial charge in [-0.1, -0.05) is 46.9 Å². The zero-order valence-electron chi connectivity index (χ0n) is 14.3. The monoisotopic (exact) mass is 464 g/mol. The van der Waals surface area contributed by atoms with E-state index in [0.29, 0.717) is 17.4 Å². The van der Waals surface area contributed by atoms with E-state index in [1.54, 1.807) is 6.07 Å². The van der Waals surface area contributed by atoms with E-state index < -0.39 is 12.0 Å². The van der Waals surface area contributed by atoms with Crippen molar-refractivity contribution in [2.75, 3.05) is 13.1 Å². The summed E-state index contributed by atoms with van der Waals surface area (Å²) in [6, 6.07) is 4.21. The van der Waals surface area contributed by atoms with Crippen LogP contribution in [-0.4, -0.2) is 47.3 Å². The molecule has 5 atom stereocenters. The van der Waals surface area contributed by atoms with Crippen LogP contribution in [0.25, 0.3) is 0 Å². The Bertz CT molecular complexity index is 852. The number of nitrogens with zero attached hydrogens (tertiary/aromatic N) is 1. The number of hydrogen-bond donors (Lipinski definition) is 2. The van der Waals surface area contributed by atoms with Gasteiger partial charge in [-0.3, -0.25) is 9.69 Å². The summed E-state index contributed by atoms with van der Waals surface area (Å²) in [6.07, 6.45) is 7.10. The fraction of sp³-hybridized carbons (Fsp3) is 0.450. The van der Waals surface area contributed by atoms with Gasteiger partial charge < -0.3 is 15.6 Å². The minimum atomic E-state index is -0.660. The first kappa shape index (κ1) is 16.8. The van der Waals surface area contributed by atoms with Crippen LogP contribution in [0.2, 0.25) is 0 Å². The van der Waals surface area contributed by atoms with Gasteiger partial charge in [-0.2, -0.15) is 0 Å². The third-order valence-electron chi connectivity index (χ3n) is 6.70. The fourth-order valence-corrected chi connectivity index (χ4v) is 5.97. The van der Waals surface area contributed by atoms with E-state index in [1.165, 1.54) is 5.56 Å². The zero-order chi connectivity index (χ0) is 18.1. The Hall–Kier alpha value is -1.38. The van der Waals surface area contributed by atoms with Crippen LogP contribution in [0.15, 0.2) is 34.4 Å². The first-order valence-corrected chi connectivity index (χ1v) is 10.3. The Labute approximate surface area is 166 Å². The van der Waals surface area contributed by atoms with Crippen molar-refractivity contribution in [1.29, 1.82) is 0 Å². The molecule has 1 saturated heterocycles. The molecule has 1 fully saturated rings. The number of aliphatic hydroxyl groups is 1. The average molecular weight is 464 g/mol. The maximum absolute atomic E-state index is 11.9. The summed E-state index contributed by atoms with van der Waals surface area (Å²) < 4.78 is 8.33. The molecule has 1 aromatic rings. The number of primary amides is 1. The summed E-state index contributed by atoms with van der Waals surface area (Å²) in [4.78, 5) is 14.5. The summed E-state index contributed by atoms with van der Waals surface area (Å²) in [5.74, 6) is 0.430. The lowest BCUT2D eigenvalue weighted by atomic mass is 9.53. The molecule has 26 heavy (non-hydrogen) atoms.